The fourth-order valence-electron chi connectivity index (χ4n) is 14.2. The van der Waals surface area contributed by atoms with Crippen molar-refractivity contribution in [2.45, 2.75) is 0 Å². The number of rotatable bonds is 14. The number of benzene rings is 15. The molecule has 18 rings (SSSR count). The molecule has 0 aliphatic heterocycles. The van der Waals surface area contributed by atoms with Gasteiger partial charge in [-0.15, -0.1) is 0 Å². The molecule has 0 amide bonds. The third-order valence-electron chi connectivity index (χ3n) is 18.8. The van der Waals surface area contributed by atoms with Gasteiger partial charge < -0.3 is 28.1 Å². The van der Waals surface area contributed by atoms with E-state index in [2.05, 4.69) is 359 Å². The Labute approximate surface area is 555 Å². The monoisotopic (exact) mass is 1230 g/mol. The number of aromatic nitrogens is 1. The zero-order valence-electron chi connectivity index (χ0n) is 52.2. The molecule has 6 heteroatoms. The lowest BCUT2D eigenvalue weighted by atomic mass is 10.0. The van der Waals surface area contributed by atoms with Crippen LogP contribution >= 0.6 is 0 Å². The number of anilines is 9. The SMILES string of the molecule is c1ccc(N(c2ccc(-c3ccc(N(c4ccc(-c5ccc(N(c6ccccc6)c6ccc(-c7cccc8c7oc7ccccc78)cc6)cc5)cc4)c4ccc(-n5c6ccccc6c6ccccc65)cc4)cc3)cc2)c2ccc(-c3cccc4c3oc3ccccc34)cc2)cc1. The van der Waals surface area contributed by atoms with Gasteiger partial charge in [-0.2, -0.15) is 0 Å². The van der Waals surface area contributed by atoms with Crippen LogP contribution in [0.5, 0.6) is 0 Å². The Morgan fingerprint density at radius 2 is 0.448 bits per heavy atom. The molecule has 15 aromatic carbocycles. The predicted octanol–water partition coefficient (Wildman–Crippen LogP) is 25.7. The summed E-state index contributed by atoms with van der Waals surface area (Å²) in [5.74, 6) is 0. The molecule has 0 atom stereocenters. The molecule has 0 aliphatic rings. The standard InChI is InChI=1S/C90H60N4O2/c1-3-17-67(18-4-1)91(73-53-41-65(42-54-73)77-25-15-27-83-81-23-9-13-31-87(81)95-89(77)83)69-45-33-61(34-46-69)63-37-49-71(50-38-63)93(75-57-59-76(60-58-75)94-85-29-11-7-21-79(85)80-22-8-12-30-86(80)94)72-51-39-64(40-52-72)62-35-47-70(48-36-62)92(68-19-5-2-6-20-68)74-55-43-66(44-56-74)78-26-16-28-84-82-24-10-14-32-88(82)96-90(78)84/h1-60H. The van der Waals surface area contributed by atoms with Gasteiger partial charge in [0.05, 0.1) is 11.0 Å². The van der Waals surface area contributed by atoms with Crippen LogP contribution in [-0.4, -0.2) is 4.57 Å². The molecule has 0 spiro atoms. The summed E-state index contributed by atoms with van der Waals surface area (Å²) in [6.45, 7) is 0. The molecule has 0 fully saturated rings. The zero-order valence-corrected chi connectivity index (χ0v) is 52.2. The van der Waals surface area contributed by atoms with Crippen LogP contribution in [0.15, 0.2) is 373 Å². The van der Waals surface area contributed by atoms with E-state index in [4.69, 9.17) is 8.83 Å². The largest absolute Gasteiger partial charge is 0.455 e. The molecule has 0 aliphatic carbocycles. The quantitative estimate of drug-likeness (QED) is 0.109. The van der Waals surface area contributed by atoms with E-state index < -0.39 is 0 Å². The van der Waals surface area contributed by atoms with Crippen molar-refractivity contribution in [1.82, 2.24) is 4.57 Å². The van der Waals surface area contributed by atoms with Gasteiger partial charge in [-0.3, -0.25) is 0 Å². The normalized spacial score (nSPS) is 11.5. The Balaban J connectivity index is 0.650. The zero-order chi connectivity index (χ0) is 63.5. The van der Waals surface area contributed by atoms with Crippen molar-refractivity contribution in [3.63, 3.8) is 0 Å². The highest BCUT2D eigenvalue weighted by atomic mass is 16.3. The predicted molar refractivity (Wildman–Crippen MR) is 401 cm³/mol. The smallest absolute Gasteiger partial charge is 0.143 e. The van der Waals surface area contributed by atoms with E-state index in [0.29, 0.717) is 0 Å². The first-order chi connectivity index (χ1) is 47.6. The summed E-state index contributed by atoms with van der Waals surface area (Å²) in [7, 11) is 0. The van der Waals surface area contributed by atoms with Gasteiger partial charge in [0.25, 0.3) is 0 Å². The molecule has 3 heterocycles. The first-order valence-electron chi connectivity index (χ1n) is 32.6. The summed E-state index contributed by atoms with van der Waals surface area (Å²) in [5.41, 5.74) is 25.5. The van der Waals surface area contributed by atoms with Crippen LogP contribution in [0.3, 0.4) is 0 Å². The fourth-order valence-corrected chi connectivity index (χ4v) is 14.2. The van der Waals surface area contributed by atoms with Crippen LogP contribution in [0, 0.1) is 0 Å². The van der Waals surface area contributed by atoms with Crippen molar-refractivity contribution in [1.29, 1.82) is 0 Å². The van der Waals surface area contributed by atoms with Gasteiger partial charge in [-0.1, -0.05) is 218 Å². The van der Waals surface area contributed by atoms with Gasteiger partial charge in [-0.05, 0) is 179 Å². The molecule has 3 aromatic heterocycles. The maximum Gasteiger partial charge on any atom is 0.143 e. The maximum absolute atomic E-state index is 6.45. The average molecular weight is 1230 g/mol. The first-order valence-corrected chi connectivity index (χ1v) is 32.6. The van der Waals surface area contributed by atoms with Crippen molar-refractivity contribution in [2.75, 3.05) is 14.7 Å². The molecule has 96 heavy (non-hydrogen) atoms. The molecular formula is C90H60N4O2. The summed E-state index contributed by atoms with van der Waals surface area (Å²) in [6.07, 6.45) is 0. The molecule has 0 bridgehead atoms. The topological polar surface area (TPSA) is 40.9 Å². The summed E-state index contributed by atoms with van der Waals surface area (Å²) in [4.78, 5) is 6.99. The summed E-state index contributed by atoms with van der Waals surface area (Å²) in [5, 5.41) is 6.98. The molecule has 452 valence electrons. The highest BCUT2D eigenvalue weighted by Gasteiger charge is 2.21. The van der Waals surface area contributed by atoms with Gasteiger partial charge in [0.2, 0.25) is 0 Å². The minimum atomic E-state index is 0.897. The number of para-hydroxylation sites is 8. The Hall–Kier alpha value is -12.9. The van der Waals surface area contributed by atoms with Gasteiger partial charge in [-0.25, -0.2) is 0 Å². The van der Waals surface area contributed by atoms with E-state index in [9.17, 15) is 0 Å². The van der Waals surface area contributed by atoms with E-state index in [0.717, 1.165) is 145 Å². The molecule has 0 unspecified atom stereocenters. The minimum Gasteiger partial charge on any atom is -0.455 e. The van der Waals surface area contributed by atoms with Crippen LogP contribution in [0.4, 0.5) is 51.2 Å². The Kier molecular flexibility index (Phi) is 13.8. The second-order valence-corrected chi connectivity index (χ2v) is 24.4. The lowest BCUT2D eigenvalue weighted by molar-refractivity contribution is 0.669. The van der Waals surface area contributed by atoms with Gasteiger partial charge in [0, 0.05) is 100 Å². The molecule has 0 saturated carbocycles. The molecular weight excluding hydrogens is 1170 g/mol. The first kappa shape index (κ1) is 55.9. The fraction of sp³-hybridized carbons (Fsp3) is 0. The van der Waals surface area contributed by atoms with Gasteiger partial charge in [0.1, 0.15) is 22.3 Å². The Morgan fingerprint density at radius 1 is 0.188 bits per heavy atom. The van der Waals surface area contributed by atoms with E-state index in [-0.39, 0.29) is 0 Å². The Morgan fingerprint density at radius 3 is 0.792 bits per heavy atom. The number of hydrogen-bond acceptors (Lipinski definition) is 5. The maximum atomic E-state index is 6.45. The Bertz CT molecular complexity index is 5500. The lowest BCUT2D eigenvalue weighted by Crippen LogP contribution is -2.10. The van der Waals surface area contributed by atoms with Crippen molar-refractivity contribution >= 4 is 117 Å². The third kappa shape index (κ3) is 9.91. The van der Waals surface area contributed by atoms with Crippen LogP contribution in [-0.2, 0) is 0 Å². The van der Waals surface area contributed by atoms with Crippen LogP contribution in [0.2, 0.25) is 0 Å². The van der Waals surface area contributed by atoms with Crippen molar-refractivity contribution in [2.24, 2.45) is 0 Å². The highest BCUT2D eigenvalue weighted by Crippen LogP contribution is 2.44. The van der Waals surface area contributed by atoms with Crippen LogP contribution < -0.4 is 14.7 Å². The average Bonchev–Trinajstić information content (AvgIpc) is 1.62. The van der Waals surface area contributed by atoms with E-state index in [1.165, 1.54) is 21.8 Å². The van der Waals surface area contributed by atoms with Crippen molar-refractivity contribution in [3.8, 4) is 50.2 Å². The van der Waals surface area contributed by atoms with Crippen LogP contribution in [0.1, 0.15) is 0 Å². The molecule has 0 saturated heterocycles. The highest BCUT2D eigenvalue weighted by molar-refractivity contribution is 6.12. The van der Waals surface area contributed by atoms with Crippen LogP contribution in [0.25, 0.3) is 116 Å². The van der Waals surface area contributed by atoms with E-state index in [1.807, 2.05) is 24.3 Å². The molecule has 0 radical (unpaired) electrons. The van der Waals surface area contributed by atoms with Crippen molar-refractivity contribution in [3.05, 3.63) is 364 Å². The van der Waals surface area contributed by atoms with Gasteiger partial charge in [0.15, 0.2) is 0 Å². The second-order valence-electron chi connectivity index (χ2n) is 24.4. The molecule has 0 N–H and O–H groups in total. The lowest BCUT2D eigenvalue weighted by Gasteiger charge is -2.27. The minimum absolute atomic E-state index is 0.897. The number of nitrogens with zero attached hydrogens (tertiary/aromatic N) is 4. The summed E-state index contributed by atoms with van der Waals surface area (Å²) in [6, 6.07) is 130. The summed E-state index contributed by atoms with van der Waals surface area (Å²) >= 11 is 0. The van der Waals surface area contributed by atoms with E-state index >= 15 is 0 Å². The van der Waals surface area contributed by atoms with E-state index in [1.54, 1.807) is 0 Å². The number of fused-ring (bicyclic) bond motifs is 9. The third-order valence-corrected chi connectivity index (χ3v) is 18.8. The summed E-state index contributed by atoms with van der Waals surface area (Å²) < 4.78 is 15.3. The second kappa shape index (κ2) is 23.7. The van der Waals surface area contributed by atoms with Crippen molar-refractivity contribution < 1.29 is 8.83 Å². The molecule has 18 aromatic rings. The number of hydrogen-bond donors (Lipinski definition) is 0. The molecule has 6 nitrogen and oxygen atoms in total. The van der Waals surface area contributed by atoms with Gasteiger partial charge >= 0.3 is 0 Å². The number of furan rings is 2.